The van der Waals surface area contributed by atoms with Crippen molar-refractivity contribution >= 4 is 5.69 Å². The molecule has 3 rings (SSSR count). The molecule has 2 aromatic carbocycles. The van der Waals surface area contributed by atoms with Crippen molar-refractivity contribution in [3.63, 3.8) is 0 Å². The predicted molar refractivity (Wildman–Crippen MR) is 118 cm³/mol. The molecule has 2 aromatic rings. The molecule has 2 N–H and O–H groups in total. The first-order valence-corrected chi connectivity index (χ1v) is 11.1. The number of rotatable bonds is 8. The van der Waals surface area contributed by atoms with Crippen molar-refractivity contribution in [3.05, 3.63) is 64.7 Å². The molecule has 0 aliphatic heterocycles. The van der Waals surface area contributed by atoms with E-state index in [0.717, 1.165) is 23.9 Å². The number of hydrogen-bond acceptors (Lipinski definition) is 1. The quantitative estimate of drug-likeness (QED) is 0.383. The van der Waals surface area contributed by atoms with Gasteiger partial charge in [-0.15, -0.1) is 0 Å². The largest absolute Gasteiger partial charge is 0.399 e. The molecule has 1 fully saturated rings. The molecule has 0 amide bonds. The van der Waals surface area contributed by atoms with Crippen LogP contribution in [0.5, 0.6) is 0 Å². The van der Waals surface area contributed by atoms with E-state index >= 15 is 0 Å². The maximum atomic E-state index is 5.93. The highest BCUT2D eigenvalue weighted by atomic mass is 14.5. The summed E-state index contributed by atoms with van der Waals surface area (Å²) in [4.78, 5) is 0. The lowest BCUT2D eigenvalue weighted by atomic mass is 9.77. The maximum Gasteiger partial charge on any atom is 0.0343 e. The van der Waals surface area contributed by atoms with Crippen molar-refractivity contribution < 1.29 is 0 Å². The molecule has 0 aromatic heterocycles. The van der Waals surface area contributed by atoms with Gasteiger partial charge in [0.1, 0.15) is 0 Å². The van der Waals surface area contributed by atoms with E-state index in [1.54, 1.807) is 5.56 Å². The number of aryl methyl sites for hydroxylation is 1. The van der Waals surface area contributed by atoms with Crippen molar-refractivity contribution in [2.45, 2.75) is 84.0 Å². The molecule has 1 aliphatic carbocycles. The van der Waals surface area contributed by atoms with E-state index in [9.17, 15) is 0 Å². The first kappa shape index (κ1) is 20.0. The monoisotopic (exact) mass is 363 g/mol. The van der Waals surface area contributed by atoms with E-state index in [2.05, 4.69) is 50.2 Å². The van der Waals surface area contributed by atoms with Crippen LogP contribution in [0.2, 0.25) is 0 Å². The first-order chi connectivity index (χ1) is 13.2. The Kier molecular flexibility index (Phi) is 7.38. The van der Waals surface area contributed by atoms with E-state index in [4.69, 9.17) is 5.73 Å². The Labute approximate surface area is 166 Å². The second-order valence-corrected chi connectivity index (χ2v) is 8.68. The van der Waals surface area contributed by atoms with E-state index in [1.165, 1.54) is 74.5 Å². The zero-order valence-electron chi connectivity index (χ0n) is 17.3. The van der Waals surface area contributed by atoms with Crippen LogP contribution in [0.25, 0.3) is 0 Å². The minimum absolute atomic E-state index is 0.782. The SMILES string of the molecule is CCCCCCC1CCC(c2ccc(Cc3ccc(N)c(C)c3)cc2)CC1. The number of nitrogen functional groups attached to an aromatic ring is 1. The minimum Gasteiger partial charge on any atom is -0.399 e. The fourth-order valence-electron chi connectivity index (χ4n) is 4.64. The molecule has 1 aliphatic rings. The number of hydrogen-bond donors (Lipinski definition) is 1. The number of unbranched alkanes of at least 4 members (excludes halogenated alkanes) is 3. The smallest absolute Gasteiger partial charge is 0.0343 e. The molecular formula is C26H37N. The summed E-state index contributed by atoms with van der Waals surface area (Å²) in [5.74, 6) is 1.77. The Morgan fingerprint density at radius 3 is 2.22 bits per heavy atom. The van der Waals surface area contributed by atoms with Crippen LogP contribution >= 0.6 is 0 Å². The van der Waals surface area contributed by atoms with E-state index < -0.39 is 0 Å². The predicted octanol–water partition coefficient (Wildman–Crippen LogP) is 7.41. The van der Waals surface area contributed by atoms with E-state index in [1.807, 2.05) is 6.07 Å². The zero-order chi connectivity index (χ0) is 19.1. The van der Waals surface area contributed by atoms with Crippen molar-refractivity contribution in [1.29, 1.82) is 0 Å². The fourth-order valence-corrected chi connectivity index (χ4v) is 4.64. The Morgan fingerprint density at radius 2 is 1.56 bits per heavy atom. The van der Waals surface area contributed by atoms with Gasteiger partial charge in [-0.1, -0.05) is 75.4 Å². The lowest BCUT2D eigenvalue weighted by molar-refractivity contribution is 0.302. The summed E-state index contributed by atoms with van der Waals surface area (Å²) in [7, 11) is 0. The van der Waals surface area contributed by atoms with Gasteiger partial charge in [0.2, 0.25) is 0 Å². The summed E-state index contributed by atoms with van der Waals surface area (Å²) in [6.45, 7) is 4.38. The topological polar surface area (TPSA) is 26.0 Å². The second kappa shape index (κ2) is 9.97. The summed E-state index contributed by atoms with van der Waals surface area (Å²) in [6, 6.07) is 15.8. The van der Waals surface area contributed by atoms with Gasteiger partial charge in [-0.2, -0.15) is 0 Å². The Hall–Kier alpha value is -1.76. The van der Waals surface area contributed by atoms with Crippen molar-refractivity contribution in [2.24, 2.45) is 5.92 Å². The van der Waals surface area contributed by atoms with E-state index in [-0.39, 0.29) is 0 Å². The Morgan fingerprint density at radius 1 is 0.852 bits per heavy atom. The second-order valence-electron chi connectivity index (χ2n) is 8.68. The highest BCUT2D eigenvalue weighted by Gasteiger charge is 2.21. The highest BCUT2D eigenvalue weighted by molar-refractivity contribution is 5.48. The molecule has 0 spiro atoms. The van der Waals surface area contributed by atoms with Gasteiger partial charge in [-0.05, 0) is 79.2 Å². The first-order valence-electron chi connectivity index (χ1n) is 11.1. The zero-order valence-corrected chi connectivity index (χ0v) is 17.3. The molecule has 0 saturated heterocycles. The van der Waals surface area contributed by atoms with Gasteiger partial charge < -0.3 is 5.73 Å². The van der Waals surface area contributed by atoms with Gasteiger partial charge >= 0.3 is 0 Å². The number of benzene rings is 2. The lowest BCUT2D eigenvalue weighted by Gasteiger charge is -2.29. The van der Waals surface area contributed by atoms with Crippen molar-refractivity contribution in [3.8, 4) is 0 Å². The van der Waals surface area contributed by atoms with E-state index in [0.29, 0.717) is 0 Å². The van der Waals surface area contributed by atoms with Crippen LogP contribution < -0.4 is 5.73 Å². The molecule has 146 valence electrons. The molecule has 0 heterocycles. The van der Waals surface area contributed by atoms with Crippen LogP contribution in [0.1, 0.15) is 92.9 Å². The molecule has 1 saturated carbocycles. The standard InChI is InChI=1S/C26H37N/c1-3-4-5-6-7-21-8-13-24(14-9-21)25-15-10-22(11-16-25)19-23-12-17-26(27)20(2)18-23/h10-12,15-18,21,24H,3-9,13-14,19,27H2,1-2H3. The third-order valence-corrected chi connectivity index (χ3v) is 6.51. The van der Waals surface area contributed by atoms with Crippen LogP contribution in [-0.4, -0.2) is 0 Å². The van der Waals surface area contributed by atoms with Gasteiger partial charge in [-0.25, -0.2) is 0 Å². The highest BCUT2D eigenvalue weighted by Crippen LogP contribution is 2.37. The average Bonchev–Trinajstić information content (AvgIpc) is 2.69. The average molecular weight is 364 g/mol. The molecule has 1 nitrogen and oxygen atoms in total. The fraction of sp³-hybridized carbons (Fsp3) is 0.538. The van der Waals surface area contributed by atoms with Gasteiger partial charge in [0.25, 0.3) is 0 Å². The van der Waals surface area contributed by atoms with Crippen molar-refractivity contribution in [1.82, 2.24) is 0 Å². The number of nitrogens with two attached hydrogens (primary N) is 1. The van der Waals surface area contributed by atoms with Gasteiger partial charge in [0.05, 0.1) is 0 Å². The summed E-state index contributed by atoms with van der Waals surface area (Å²) >= 11 is 0. The summed E-state index contributed by atoms with van der Waals surface area (Å²) in [5, 5.41) is 0. The van der Waals surface area contributed by atoms with Gasteiger partial charge in [0.15, 0.2) is 0 Å². The lowest BCUT2D eigenvalue weighted by Crippen LogP contribution is -2.13. The number of anilines is 1. The van der Waals surface area contributed by atoms with Crippen LogP contribution in [0.15, 0.2) is 42.5 Å². The minimum atomic E-state index is 0.782. The molecular weight excluding hydrogens is 326 g/mol. The Bertz CT molecular complexity index is 693. The van der Waals surface area contributed by atoms with Crippen LogP contribution in [0.3, 0.4) is 0 Å². The molecule has 1 heteroatoms. The summed E-state index contributed by atoms with van der Waals surface area (Å²) in [5.41, 5.74) is 12.3. The third kappa shape index (κ3) is 5.86. The summed E-state index contributed by atoms with van der Waals surface area (Å²) < 4.78 is 0. The van der Waals surface area contributed by atoms with Crippen molar-refractivity contribution in [2.75, 3.05) is 5.73 Å². The molecule has 0 atom stereocenters. The van der Waals surface area contributed by atoms with Crippen LogP contribution in [-0.2, 0) is 6.42 Å². The normalized spacial score (nSPS) is 19.9. The Balaban J connectivity index is 1.48. The third-order valence-electron chi connectivity index (χ3n) is 6.51. The maximum absolute atomic E-state index is 5.93. The molecule has 27 heavy (non-hydrogen) atoms. The summed E-state index contributed by atoms with van der Waals surface area (Å²) in [6.07, 6.45) is 13.7. The van der Waals surface area contributed by atoms with Gasteiger partial charge in [0, 0.05) is 5.69 Å². The molecule has 0 radical (unpaired) electrons. The molecule has 0 unspecified atom stereocenters. The van der Waals surface area contributed by atoms with Crippen LogP contribution in [0.4, 0.5) is 5.69 Å². The van der Waals surface area contributed by atoms with Gasteiger partial charge in [-0.3, -0.25) is 0 Å². The molecule has 0 bridgehead atoms. The van der Waals surface area contributed by atoms with Crippen LogP contribution in [0, 0.1) is 12.8 Å².